The van der Waals surface area contributed by atoms with Crippen LogP contribution < -0.4 is 14.8 Å². The van der Waals surface area contributed by atoms with Crippen molar-refractivity contribution in [3.05, 3.63) is 29.8 Å². The number of methoxy groups -OCH3 is 1. The van der Waals surface area contributed by atoms with Crippen molar-refractivity contribution in [3.63, 3.8) is 0 Å². The maximum absolute atomic E-state index is 12.3. The van der Waals surface area contributed by atoms with E-state index in [-0.39, 0.29) is 11.8 Å². The molecular formula is C17H26N2O4S. The molecule has 0 aromatic heterocycles. The number of sulfonamides is 1. The van der Waals surface area contributed by atoms with Crippen LogP contribution in [0.1, 0.15) is 31.2 Å². The van der Waals surface area contributed by atoms with Crippen LogP contribution in [0.3, 0.4) is 0 Å². The highest BCUT2D eigenvalue weighted by molar-refractivity contribution is 7.88. The Hall–Kier alpha value is -1.60. The lowest BCUT2D eigenvalue weighted by atomic mass is 9.81. The van der Waals surface area contributed by atoms with E-state index in [2.05, 4.69) is 10.0 Å². The first-order valence-electron chi connectivity index (χ1n) is 8.23. The number of ether oxygens (including phenoxy) is 1. The molecule has 1 aliphatic rings. The summed E-state index contributed by atoms with van der Waals surface area (Å²) in [5.74, 6) is 1.16. The lowest BCUT2D eigenvalue weighted by Crippen LogP contribution is -2.35. The number of nitrogens with one attached hydrogen (secondary N) is 2. The summed E-state index contributed by atoms with van der Waals surface area (Å²) >= 11 is 0. The number of amides is 1. The predicted octanol–water partition coefficient (Wildman–Crippen LogP) is 1.67. The zero-order valence-electron chi connectivity index (χ0n) is 14.2. The standard InChI is InChI=1S/C17H26N2O4S/c1-23-16-6-4-3-5-15(16)12-18-17(20)14-9-7-13(8-10-14)11-19-24(2,21)22/h3-6,13-14,19H,7-12H2,1-2H3,(H,18,20). The van der Waals surface area contributed by atoms with Crippen LogP contribution in [0.5, 0.6) is 5.75 Å². The van der Waals surface area contributed by atoms with Crippen molar-refractivity contribution in [1.29, 1.82) is 0 Å². The van der Waals surface area contributed by atoms with E-state index in [4.69, 9.17) is 4.74 Å². The van der Waals surface area contributed by atoms with E-state index in [1.807, 2.05) is 24.3 Å². The van der Waals surface area contributed by atoms with Gasteiger partial charge in [-0.3, -0.25) is 4.79 Å². The van der Waals surface area contributed by atoms with Crippen molar-refractivity contribution in [2.24, 2.45) is 11.8 Å². The molecule has 0 bridgehead atoms. The van der Waals surface area contributed by atoms with E-state index in [0.29, 0.717) is 19.0 Å². The van der Waals surface area contributed by atoms with Gasteiger partial charge in [0, 0.05) is 24.6 Å². The first-order chi connectivity index (χ1) is 11.4. The molecule has 7 heteroatoms. The molecule has 6 nitrogen and oxygen atoms in total. The van der Waals surface area contributed by atoms with Gasteiger partial charge in [0.25, 0.3) is 0 Å². The Labute approximate surface area is 144 Å². The summed E-state index contributed by atoms with van der Waals surface area (Å²) in [6.07, 6.45) is 4.51. The number of hydrogen-bond donors (Lipinski definition) is 2. The van der Waals surface area contributed by atoms with Crippen molar-refractivity contribution < 1.29 is 17.9 Å². The van der Waals surface area contributed by atoms with Crippen molar-refractivity contribution in [2.75, 3.05) is 19.9 Å². The lowest BCUT2D eigenvalue weighted by Gasteiger charge is -2.27. The molecule has 1 aliphatic carbocycles. The predicted molar refractivity (Wildman–Crippen MR) is 93.1 cm³/mol. The van der Waals surface area contributed by atoms with E-state index < -0.39 is 10.0 Å². The van der Waals surface area contributed by atoms with Gasteiger partial charge in [0.2, 0.25) is 15.9 Å². The van der Waals surface area contributed by atoms with E-state index in [0.717, 1.165) is 37.0 Å². The number of carbonyl (C=O) groups excluding carboxylic acids is 1. The number of carbonyl (C=O) groups is 1. The molecule has 0 radical (unpaired) electrons. The molecule has 1 fully saturated rings. The summed E-state index contributed by atoms with van der Waals surface area (Å²) in [7, 11) is -1.52. The molecule has 134 valence electrons. The van der Waals surface area contributed by atoms with Crippen molar-refractivity contribution in [2.45, 2.75) is 32.2 Å². The van der Waals surface area contributed by atoms with Gasteiger partial charge in [-0.15, -0.1) is 0 Å². The van der Waals surface area contributed by atoms with Crippen LogP contribution in [0.15, 0.2) is 24.3 Å². The largest absolute Gasteiger partial charge is 0.496 e. The van der Waals surface area contributed by atoms with Gasteiger partial charge in [0.15, 0.2) is 0 Å². The van der Waals surface area contributed by atoms with E-state index in [9.17, 15) is 13.2 Å². The number of hydrogen-bond acceptors (Lipinski definition) is 4. The smallest absolute Gasteiger partial charge is 0.223 e. The number of rotatable bonds is 7. The third kappa shape index (κ3) is 5.79. The fraction of sp³-hybridized carbons (Fsp3) is 0.588. The molecule has 0 atom stereocenters. The molecule has 0 heterocycles. The minimum atomic E-state index is -3.14. The summed E-state index contributed by atoms with van der Waals surface area (Å²) in [5.41, 5.74) is 0.958. The van der Waals surface area contributed by atoms with Crippen LogP contribution >= 0.6 is 0 Å². The second-order valence-electron chi connectivity index (χ2n) is 6.37. The van der Waals surface area contributed by atoms with Crippen LogP contribution in [0.4, 0.5) is 0 Å². The van der Waals surface area contributed by atoms with Gasteiger partial charge in [-0.25, -0.2) is 13.1 Å². The normalized spacial score (nSPS) is 21.2. The average molecular weight is 354 g/mol. The van der Waals surface area contributed by atoms with Gasteiger partial charge in [-0.2, -0.15) is 0 Å². The van der Waals surface area contributed by atoms with Crippen LogP contribution in [0.2, 0.25) is 0 Å². The van der Waals surface area contributed by atoms with Crippen molar-refractivity contribution in [1.82, 2.24) is 10.0 Å². The lowest BCUT2D eigenvalue weighted by molar-refractivity contribution is -0.126. The van der Waals surface area contributed by atoms with Gasteiger partial charge < -0.3 is 10.1 Å². The van der Waals surface area contributed by atoms with Gasteiger partial charge in [-0.05, 0) is 37.7 Å². The molecule has 2 rings (SSSR count). The Morgan fingerprint density at radius 3 is 2.50 bits per heavy atom. The summed E-state index contributed by atoms with van der Waals surface area (Å²) in [6, 6.07) is 7.63. The van der Waals surface area contributed by atoms with Crippen molar-refractivity contribution in [3.8, 4) is 5.75 Å². The minimum absolute atomic E-state index is 0.00851. The minimum Gasteiger partial charge on any atom is -0.496 e. The molecule has 1 amide bonds. The molecule has 0 unspecified atom stereocenters. The summed E-state index contributed by atoms with van der Waals surface area (Å²) in [5, 5.41) is 2.98. The summed E-state index contributed by atoms with van der Waals surface area (Å²) < 4.78 is 30.1. The average Bonchev–Trinajstić information content (AvgIpc) is 2.58. The maximum Gasteiger partial charge on any atom is 0.223 e. The van der Waals surface area contributed by atoms with E-state index in [1.54, 1.807) is 7.11 Å². The van der Waals surface area contributed by atoms with Gasteiger partial charge >= 0.3 is 0 Å². The second-order valence-corrected chi connectivity index (χ2v) is 8.20. The third-order valence-corrected chi connectivity index (χ3v) is 5.19. The first kappa shape index (κ1) is 18.7. The van der Waals surface area contributed by atoms with Crippen LogP contribution in [0, 0.1) is 11.8 Å². The maximum atomic E-state index is 12.3. The molecule has 1 saturated carbocycles. The molecule has 0 aliphatic heterocycles. The van der Waals surface area contributed by atoms with Crippen LogP contribution in [-0.2, 0) is 21.4 Å². The van der Waals surface area contributed by atoms with E-state index >= 15 is 0 Å². The summed E-state index contributed by atoms with van der Waals surface area (Å²) in [4.78, 5) is 12.3. The van der Waals surface area contributed by atoms with Crippen LogP contribution in [0.25, 0.3) is 0 Å². The topological polar surface area (TPSA) is 84.5 Å². The quantitative estimate of drug-likeness (QED) is 0.780. The Bertz CT molecular complexity index is 652. The van der Waals surface area contributed by atoms with Gasteiger partial charge in [0.1, 0.15) is 5.75 Å². The molecule has 2 N–H and O–H groups in total. The molecule has 24 heavy (non-hydrogen) atoms. The molecule has 0 spiro atoms. The Morgan fingerprint density at radius 2 is 1.88 bits per heavy atom. The molecule has 0 saturated heterocycles. The zero-order chi connectivity index (χ0) is 17.6. The van der Waals surface area contributed by atoms with Crippen molar-refractivity contribution >= 4 is 15.9 Å². The van der Waals surface area contributed by atoms with E-state index in [1.165, 1.54) is 6.26 Å². The number of para-hydroxylation sites is 1. The monoisotopic (exact) mass is 354 g/mol. The second kappa shape index (κ2) is 8.48. The Kier molecular flexibility index (Phi) is 6.62. The Balaban J connectivity index is 1.76. The number of benzene rings is 1. The van der Waals surface area contributed by atoms with Gasteiger partial charge in [0.05, 0.1) is 13.4 Å². The highest BCUT2D eigenvalue weighted by Crippen LogP contribution is 2.28. The zero-order valence-corrected chi connectivity index (χ0v) is 15.1. The SMILES string of the molecule is COc1ccccc1CNC(=O)C1CCC(CNS(C)(=O)=O)CC1. The summed E-state index contributed by atoms with van der Waals surface area (Å²) in [6.45, 7) is 0.923. The van der Waals surface area contributed by atoms with Crippen LogP contribution in [-0.4, -0.2) is 34.2 Å². The fourth-order valence-corrected chi connectivity index (χ4v) is 3.61. The third-order valence-electron chi connectivity index (χ3n) is 4.50. The highest BCUT2D eigenvalue weighted by Gasteiger charge is 2.26. The van der Waals surface area contributed by atoms with Gasteiger partial charge in [-0.1, -0.05) is 18.2 Å². The molecular weight excluding hydrogens is 328 g/mol. The fourth-order valence-electron chi connectivity index (χ4n) is 3.07. The first-order valence-corrected chi connectivity index (χ1v) is 10.1. The highest BCUT2D eigenvalue weighted by atomic mass is 32.2. The molecule has 1 aromatic carbocycles. The molecule has 1 aromatic rings. The Morgan fingerprint density at radius 1 is 1.21 bits per heavy atom.